The van der Waals surface area contributed by atoms with Gasteiger partial charge in [0.25, 0.3) is 5.91 Å². The Morgan fingerprint density at radius 3 is 3.00 bits per heavy atom. The summed E-state index contributed by atoms with van der Waals surface area (Å²) in [5, 5.41) is 0. The van der Waals surface area contributed by atoms with Gasteiger partial charge in [0, 0.05) is 30.9 Å². The molecule has 2 rings (SSSR count). The molecule has 1 aromatic heterocycles. The first-order valence-electron chi connectivity index (χ1n) is 6.18. The molecule has 4 nitrogen and oxygen atoms in total. The molecule has 0 aromatic carbocycles. The van der Waals surface area contributed by atoms with E-state index in [4.69, 9.17) is 5.73 Å². The van der Waals surface area contributed by atoms with Crippen molar-refractivity contribution in [3.05, 3.63) is 29.6 Å². The highest BCUT2D eigenvalue weighted by Gasteiger charge is 2.24. The van der Waals surface area contributed by atoms with Crippen LogP contribution in [0.4, 0.5) is 0 Å². The van der Waals surface area contributed by atoms with Gasteiger partial charge in [-0.25, -0.2) is 0 Å². The fraction of sp³-hybridized carbons (Fsp3) is 0.538. The molecule has 0 radical (unpaired) electrons. The number of amides is 1. The summed E-state index contributed by atoms with van der Waals surface area (Å²) in [6.45, 7) is 3.35. The number of aromatic nitrogens is 1. The minimum absolute atomic E-state index is 0. The highest BCUT2D eigenvalue weighted by Crippen LogP contribution is 2.19. The summed E-state index contributed by atoms with van der Waals surface area (Å²) in [6.07, 6.45) is 5.07. The summed E-state index contributed by atoms with van der Waals surface area (Å²) < 4.78 is 0. The molecule has 1 aliphatic heterocycles. The Kier molecular flexibility index (Phi) is 5.56. The minimum Gasteiger partial charge on any atom is -0.336 e. The van der Waals surface area contributed by atoms with Crippen LogP contribution in [0.5, 0.6) is 0 Å². The molecule has 1 aromatic rings. The number of piperidine rings is 1. The fourth-order valence-corrected chi connectivity index (χ4v) is 2.29. The Bertz CT molecular complexity index is 411. The Hall–Kier alpha value is -1.13. The van der Waals surface area contributed by atoms with E-state index in [2.05, 4.69) is 11.9 Å². The van der Waals surface area contributed by atoms with Crippen LogP contribution in [0.3, 0.4) is 0 Å². The van der Waals surface area contributed by atoms with Crippen LogP contribution in [0.2, 0.25) is 0 Å². The number of hydrogen-bond acceptors (Lipinski definition) is 3. The summed E-state index contributed by atoms with van der Waals surface area (Å²) >= 11 is 0. The molecule has 0 aliphatic carbocycles. The van der Waals surface area contributed by atoms with Crippen LogP contribution < -0.4 is 5.73 Å². The summed E-state index contributed by atoms with van der Waals surface area (Å²) in [5.41, 5.74) is 7.00. The third-order valence-corrected chi connectivity index (χ3v) is 3.34. The lowest BCUT2D eigenvalue weighted by Gasteiger charge is -2.33. The van der Waals surface area contributed by atoms with Gasteiger partial charge in [0.1, 0.15) is 0 Å². The molecular weight excluding hydrogens is 250 g/mol. The molecule has 18 heavy (non-hydrogen) atoms. The first kappa shape index (κ1) is 14.9. The maximum Gasteiger partial charge on any atom is 0.254 e. The Morgan fingerprint density at radius 1 is 1.56 bits per heavy atom. The lowest BCUT2D eigenvalue weighted by atomic mass is 10.0. The highest BCUT2D eigenvalue weighted by atomic mass is 35.5. The lowest BCUT2D eigenvalue weighted by Crippen LogP contribution is -2.42. The summed E-state index contributed by atoms with van der Waals surface area (Å²) in [4.78, 5) is 18.4. The predicted molar refractivity (Wildman–Crippen MR) is 73.7 cm³/mol. The van der Waals surface area contributed by atoms with Crippen LogP contribution >= 0.6 is 12.4 Å². The van der Waals surface area contributed by atoms with Crippen LogP contribution in [-0.2, 0) is 6.54 Å². The van der Waals surface area contributed by atoms with Crippen molar-refractivity contribution in [2.75, 3.05) is 6.54 Å². The second kappa shape index (κ2) is 6.71. The van der Waals surface area contributed by atoms with Crippen molar-refractivity contribution < 1.29 is 4.79 Å². The quantitative estimate of drug-likeness (QED) is 0.893. The molecule has 0 saturated carbocycles. The van der Waals surface area contributed by atoms with Gasteiger partial charge in [-0.1, -0.05) is 0 Å². The van der Waals surface area contributed by atoms with Gasteiger partial charge in [0.2, 0.25) is 0 Å². The number of carbonyl (C=O) groups excluding carboxylic acids is 1. The number of likely N-dealkylation sites (tertiary alicyclic amines) is 1. The van der Waals surface area contributed by atoms with E-state index in [1.807, 2.05) is 4.90 Å². The van der Waals surface area contributed by atoms with Crippen LogP contribution in [0.15, 0.2) is 18.3 Å². The zero-order chi connectivity index (χ0) is 12.3. The molecule has 1 aliphatic rings. The van der Waals surface area contributed by atoms with Gasteiger partial charge in [-0.15, -0.1) is 12.4 Å². The molecule has 1 saturated heterocycles. The third-order valence-electron chi connectivity index (χ3n) is 3.34. The summed E-state index contributed by atoms with van der Waals surface area (Å²) in [7, 11) is 0. The molecule has 0 spiro atoms. The van der Waals surface area contributed by atoms with E-state index in [0.29, 0.717) is 18.2 Å². The summed E-state index contributed by atoms with van der Waals surface area (Å²) in [5.74, 6) is 0.106. The minimum atomic E-state index is 0. The molecule has 5 heteroatoms. The molecule has 0 bridgehead atoms. The number of halogens is 1. The number of rotatable bonds is 2. The normalized spacial score (nSPS) is 19.2. The lowest BCUT2D eigenvalue weighted by molar-refractivity contribution is 0.0635. The van der Waals surface area contributed by atoms with Crippen molar-refractivity contribution in [3.8, 4) is 0 Å². The van der Waals surface area contributed by atoms with Gasteiger partial charge in [-0.05, 0) is 38.3 Å². The predicted octanol–water partition coefficient (Wildman–Crippen LogP) is 1.98. The van der Waals surface area contributed by atoms with Gasteiger partial charge in [-0.3, -0.25) is 9.78 Å². The summed E-state index contributed by atoms with van der Waals surface area (Å²) in [6, 6.07) is 3.90. The van der Waals surface area contributed by atoms with E-state index in [1.165, 1.54) is 6.42 Å². The standard InChI is InChI=1S/C13H19N3O.ClH/c1-10-4-2-3-7-16(10)13(17)11-5-6-15-12(8-11)9-14;/h5-6,8,10H,2-4,7,9,14H2,1H3;1H. The second-order valence-corrected chi connectivity index (χ2v) is 4.58. The molecule has 1 unspecified atom stereocenters. The second-order valence-electron chi connectivity index (χ2n) is 4.58. The SMILES string of the molecule is CC1CCCCN1C(=O)c1ccnc(CN)c1.Cl. The average Bonchev–Trinajstić information content (AvgIpc) is 2.38. The van der Waals surface area contributed by atoms with E-state index >= 15 is 0 Å². The van der Waals surface area contributed by atoms with Crippen molar-refractivity contribution in [2.24, 2.45) is 5.73 Å². The number of carbonyl (C=O) groups is 1. The fourth-order valence-electron chi connectivity index (χ4n) is 2.29. The Labute approximate surface area is 114 Å². The monoisotopic (exact) mass is 269 g/mol. The number of nitrogens with zero attached hydrogens (tertiary/aromatic N) is 2. The maximum absolute atomic E-state index is 12.3. The average molecular weight is 270 g/mol. The van der Waals surface area contributed by atoms with Crippen LogP contribution in [0.25, 0.3) is 0 Å². The smallest absolute Gasteiger partial charge is 0.254 e. The van der Waals surface area contributed by atoms with E-state index in [9.17, 15) is 4.79 Å². The maximum atomic E-state index is 12.3. The number of hydrogen-bond donors (Lipinski definition) is 1. The van der Waals surface area contributed by atoms with Gasteiger partial charge >= 0.3 is 0 Å². The van der Waals surface area contributed by atoms with Crippen molar-refractivity contribution >= 4 is 18.3 Å². The topological polar surface area (TPSA) is 59.2 Å². The van der Waals surface area contributed by atoms with E-state index < -0.39 is 0 Å². The molecule has 2 heterocycles. The molecule has 1 amide bonds. The number of nitrogens with two attached hydrogens (primary N) is 1. The molecule has 100 valence electrons. The number of pyridine rings is 1. The van der Waals surface area contributed by atoms with Gasteiger partial charge in [-0.2, -0.15) is 0 Å². The van der Waals surface area contributed by atoms with Crippen molar-refractivity contribution in [2.45, 2.75) is 38.8 Å². The largest absolute Gasteiger partial charge is 0.336 e. The first-order valence-corrected chi connectivity index (χ1v) is 6.18. The molecule has 2 N–H and O–H groups in total. The van der Waals surface area contributed by atoms with E-state index in [0.717, 1.165) is 25.1 Å². The van der Waals surface area contributed by atoms with Gasteiger partial charge in [0.05, 0.1) is 5.69 Å². The Morgan fingerprint density at radius 2 is 2.33 bits per heavy atom. The zero-order valence-electron chi connectivity index (χ0n) is 10.6. The van der Waals surface area contributed by atoms with Gasteiger partial charge in [0.15, 0.2) is 0 Å². The Balaban J connectivity index is 0.00000162. The van der Waals surface area contributed by atoms with Crippen LogP contribution in [0, 0.1) is 0 Å². The molecule has 1 atom stereocenters. The highest BCUT2D eigenvalue weighted by molar-refractivity contribution is 5.94. The van der Waals surface area contributed by atoms with Crippen molar-refractivity contribution in [1.82, 2.24) is 9.88 Å². The van der Waals surface area contributed by atoms with E-state index in [-0.39, 0.29) is 18.3 Å². The third kappa shape index (κ3) is 3.21. The molecule has 1 fully saturated rings. The zero-order valence-corrected chi connectivity index (χ0v) is 11.4. The van der Waals surface area contributed by atoms with E-state index in [1.54, 1.807) is 18.3 Å². The first-order chi connectivity index (χ1) is 8.22. The van der Waals surface area contributed by atoms with Crippen LogP contribution in [-0.4, -0.2) is 28.4 Å². The van der Waals surface area contributed by atoms with Crippen molar-refractivity contribution in [1.29, 1.82) is 0 Å². The molecular formula is C13H20ClN3O. The van der Waals surface area contributed by atoms with Crippen molar-refractivity contribution in [3.63, 3.8) is 0 Å². The van der Waals surface area contributed by atoms with Crippen LogP contribution in [0.1, 0.15) is 42.2 Å². The van der Waals surface area contributed by atoms with Gasteiger partial charge < -0.3 is 10.6 Å².